The summed E-state index contributed by atoms with van der Waals surface area (Å²) < 4.78 is 12.9. The molecule has 3 nitrogen and oxygen atoms in total. The second-order valence-corrected chi connectivity index (χ2v) is 6.63. The Morgan fingerprint density at radius 2 is 1.83 bits per heavy atom. The first-order valence-corrected chi connectivity index (χ1v) is 8.74. The van der Waals surface area contributed by atoms with E-state index in [1.807, 2.05) is 18.2 Å². The highest BCUT2D eigenvalue weighted by Crippen LogP contribution is 2.31. The standard InChI is InChI=1S/C18H19ClFN3S/c19-14-5-8-17(23-9-1-2-10-23)16(11-14)22-18(24)21-12-13-3-6-15(20)7-4-13/h3-8,11H,1-2,9-10,12H2,(H2,21,22,24). The monoisotopic (exact) mass is 363 g/mol. The molecule has 0 bridgehead atoms. The number of halogens is 2. The van der Waals surface area contributed by atoms with Gasteiger partial charge in [-0.05, 0) is 61.0 Å². The van der Waals surface area contributed by atoms with Gasteiger partial charge in [0.05, 0.1) is 11.4 Å². The van der Waals surface area contributed by atoms with Crippen LogP contribution in [0.15, 0.2) is 42.5 Å². The molecule has 3 rings (SSSR count). The summed E-state index contributed by atoms with van der Waals surface area (Å²) in [7, 11) is 0. The maximum atomic E-state index is 12.9. The number of hydrogen-bond acceptors (Lipinski definition) is 2. The van der Waals surface area contributed by atoms with Crippen LogP contribution in [0.1, 0.15) is 18.4 Å². The molecule has 0 aromatic heterocycles. The summed E-state index contributed by atoms with van der Waals surface area (Å²) in [6.45, 7) is 2.63. The molecule has 24 heavy (non-hydrogen) atoms. The zero-order valence-corrected chi connectivity index (χ0v) is 14.8. The molecule has 1 saturated heterocycles. The topological polar surface area (TPSA) is 27.3 Å². The van der Waals surface area contributed by atoms with E-state index in [-0.39, 0.29) is 5.82 Å². The second-order valence-electron chi connectivity index (χ2n) is 5.79. The Bertz CT molecular complexity index is 715. The Labute approximate surface area is 151 Å². The summed E-state index contributed by atoms with van der Waals surface area (Å²) in [6, 6.07) is 12.2. The lowest BCUT2D eigenvalue weighted by Gasteiger charge is -2.22. The Kier molecular flexibility index (Phi) is 5.53. The second kappa shape index (κ2) is 7.81. The van der Waals surface area contributed by atoms with Crippen LogP contribution in [-0.4, -0.2) is 18.2 Å². The van der Waals surface area contributed by atoms with E-state index >= 15 is 0 Å². The molecule has 2 aromatic carbocycles. The zero-order chi connectivity index (χ0) is 16.9. The van der Waals surface area contributed by atoms with E-state index in [1.54, 1.807) is 12.1 Å². The average Bonchev–Trinajstić information content (AvgIpc) is 3.09. The van der Waals surface area contributed by atoms with Gasteiger partial charge in [0.25, 0.3) is 0 Å². The van der Waals surface area contributed by atoms with Crippen LogP contribution >= 0.6 is 23.8 Å². The maximum Gasteiger partial charge on any atom is 0.171 e. The van der Waals surface area contributed by atoms with Gasteiger partial charge in [0.2, 0.25) is 0 Å². The van der Waals surface area contributed by atoms with Crippen LogP contribution in [0.4, 0.5) is 15.8 Å². The van der Waals surface area contributed by atoms with Crippen LogP contribution in [0.2, 0.25) is 5.02 Å². The minimum Gasteiger partial charge on any atom is -0.370 e. The SMILES string of the molecule is Fc1ccc(CNC(=S)Nc2cc(Cl)ccc2N2CCCC2)cc1. The third-order valence-electron chi connectivity index (χ3n) is 4.02. The van der Waals surface area contributed by atoms with Gasteiger partial charge in [0.1, 0.15) is 5.82 Å². The van der Waals surface area contributed by atoms with Crippen molar-refractivity contribution in [3.05, 3.63) is 58.9 Å². The molecule has 0 aliphatic carbocycles. The summed E-state index contributed by atoms with van der Waals surface area (Å²) >= 11 is 11.5. The summed E-state index contributed by atoms with van der Waals surface area (Å²) in [5.74, 6) is -0.242. The molecule has 2 N–H and O–H groups in total. The molecule has 1 aliphatic heterocycles. The van der Waals surface area contributed by atoms with Crippen molar-refractivity contribution in [3.8, 4) is 0 Å². The quantitative estimate of drug-likeness (QED) is 0.778. The van der Waals surface area contributed by atoms with Crippen LogP contribution in [-0.2, 0) is 6.54 Å². The number of nitrogens with one attached hydrogen (secondary N) is 2. The van der Waals surface area contributed by atoms with Crippen LogP contribution in [0.25, 0.3) is 0 Å². The molecular formula is C18H19ClFN3S. The van der Waals surface area contributed by atoms with Crippen molar-refractivity contribution in [2.24, 2.45) is 0 Å². The van der Waals surface area contributed by atoms with Crippen LogP contribution in [0, 0.1) is 5.82 Å². The van der Waals surface area contributed by atoms with Gasteiger partial charge in [-0.2, -0.15) is 0 Å². The van der Waals surface area contributed by atoms with E-state index in [0.717, 1.165) is 30.0 Å². The molecule has 0 radical (unpaired) electrons. The molecule has 1 fully saturated rings. The fourth-order valence-electron chi connectivity index (χ4n) is 2.79. The predicted molar refractivity (Wildman–Crippen MR) is 102 cm³/mol. The van der Waals surface area contributed by atoms with Gasteiger partial charge in [0, 0.05) is 24.7 Å². The van der Waals surface area contributed by atoms with Crippen molar-refractivity contribution in [3.63, 3.8) is 0 Å². The third kappa shape index (κ3) is 4.36. The summed E-state index contributed by atoms with van der Waals surface area (Å²) in [5, 5.41) is 7.55. The number of rotatable bonds is 4. The third-order valence-corrected chi connectivity index (χ3v) is 4.50. The van der Waals surface area contributed by atoms with E-state index in [0.29, 0.717) is 16.7 Å². The van der Waals surface area contributed by atoms with Gasteiger partial charge >= 0.3 is 0 Å². The molecule has 0 saturated carbocycles. The fourth-order valence-corrected chi connectivity index (χ4v) is 3.15. The average molecular weight is 364 g/mol. The summed E-state index contributed by atoms with van der Waals surface area (Å²) in [6.07, 6.45) is 2.41. The highest BCUT2D eigenvalue weighted by molar-refractivity contribution is 7.80. The van der Waals surface area contributed by atoms with Crippen molar-refractivity contribution in [2.45, 2.75) is 19.4 Å². The Hall–Kier alpha value is -1.85. The summed E-state index contributed by atoms with van der Waals surface area (Å²) in [5.41, 5.74) is 2.98. The number of nitrogens with zero attached hydrogens (tertiary/aromatic N) is 1. The van der Waals surface area contributed by atoms with Gasteiger partial charge in [0.15, 0.2) is 5.11 Å². The highest BCUT2D eigenvalue weighted by Gasteiger charge is 2.16. The van der Waals surface area contributed by atoms with Gasteiger partial charge in [-0.25, -0.2) is 4.39 Å². The Balaban J connectivity index is 1.65. The molecule has 0 unspecified atom stereocenters. The van der Waals surface area contributed by atoms with Crippen molar-refractivity contribution in [2.75, 3.05) is 23.3 Å². The maximum absolute atomic E-state index is 12.9. The van der Waals surface area contributed by atoms with Crippen LogP contribution < -0.4 is 15.5 Å². The molecule has 6 heteroatoms. The van der Waals surface area contributed by atoms with Gasteiger partial charge in [-0.15, -0.1) is 0 Å². The van der Waals surface area contributed by atoms with E-state index in [4.69, 9.17) is 23.8 Å². The Morgan fingerprint density at radius 1 is 1.12 bits per heavy atom. The normalized spacial score (nSPS) is 13.8. The lowest BCUT2D eigenvalue weighted by molar-refractivity contribution is 0.627. The van der Waals surface area contributed by atoms with Crippen molar-refractivity contribution >= 4 is 40.3 Å². The van der Waals surface area contributed by atoms with Crippen molar-refractivity contribution in [1.29, 1.82) is 0 Å². The first kappa shape index (κ1) is 17.0. The van der Waals surface area contributed by atoms with Gasteiger partial charge in [-0.3, -0.25) is 0 Å². The minimum absolute atomic E-state index is 0.242. The molecular weight excluding hydrogens is 345 g/mol. The number of anilines is 2. The lowest BCUT2D eigenvalue weighted by Crippen LogP contribution is -2.29. The van der Waals surface area contributed by atoms with E-state index in [1.165, 1.54) is 25.0 Å². The minimum atomic E-state index is -0.242. The fraction of sp³-hybridized carbons (Fsp3) is 0.278. The van der Waals surface area contributed by atoms with Crippen LogP contribution in [0.3, 0.4) is 0 Å². The number of hydrogen-bond donors (Lipinski definition) is 2. The molecule has 1 aliphatic rings. The first-order chi connectivity index (χ1) is 11.6. The zero-order valence-electron chi connectivity index (χ0n) is 13.2. The van der Waals surface area contributed by atoms with Gasteiger partial charge < -0.3 is 15.5 Å². The van der Waals surface area contributed by atoms with Crippen LogP contribution in [0.5, 0.6) is 0 Å². The number of benzene rings is 2. The van der Waals surface area contributed by atoms with E-state index < -0.39 is 0 Å². The molecule has 1 heterocycles. The number of thiocarbonyl (C=S) groups is 1. The molecule has 0 amide bonds. The molecule has 0 spiro atoms. The first-order valence-electron chi connectivity index (χ1n) is 7.95. The smallest absolute Gasteiger partial charge is 0.171 e. The predicted octanol–water partition coefficient (Wildman–Crippen LogP) is 4.57. The molecule has 0 atom stereocenters. The lowest BCUT2D eigenvalue weighted by atomic mass is 10.2. The molecule has 2 aromatic rings. The van der Waals surface area contributed by atoms with Gasteiger partial charge in [-0.1, -0.05) is 23.7 Å². The highest BCUT2D eigenvalue weighted by atomic mass is 35.5. The van der Waals surface area contributed by atoms with E-state index in [2.05, 4.69) is 15.5 Å². The van der Waals surface area contributed by atoms with Crippen molar-refractivity contribution in [1.82, 2.24) is 5.32 Å². The van der Waals surface area contributed by atoms with Crippen molar-refractivity contribution < 1.29 is 4.39 Å². The molecule has 126 valence electrons. The van der Waals surface area contributed by atoms with E-state index in [9.17, 15) is 4.39 Å². The largest absolute Gasteiger partial charge is 0.370 e. The summed E-state index contributed by atoms with van der Waals surface area (Å²) in [4.78, 5) is 2.33. The Morgan fingerprint density at radius 3 is 2.54 bits per heavy atom.